The van der Waals surface area contributed by atoms with Crippen LogP contribution < -0.4 is 16.6 Å². The van der Waals surface area contributed by atoms with Gasteiger partial charge in [-0.05, 0) is 31.4 Å². The zero-order valence-electron chi connectivity index (χ0n) is 19.7. The number of nitrogens with zero attached hydrogens (tertiary/aromatic N) is 5. The molecule has 0 spiro atoms. The number of nitrogens with one attached hydrogen (secondary N) is 2. The van der Waals surface area contributed by atoms with Gasteiger partial charge in [0, 0.05) is 58.0 Å². The number of aromatic nitrogens is 5. The molecule has 1 amide bonds. The van der Waals surface area contributed by atoms with Crippen molar-refractivity contribution >= 4 is 22.9 Å². The fraction of sp³-hybridized carbons (Fsp3) is 0.522. The molecular weight excluding hydrogens is 438 g/mol. The first-order chi connectivity index (χ1) is 16.5. The number of fused-ring (bicyclic) bond motifs is 1. The number of H-pyrrole nitrogens is 1. The molecule has 1 aliphatic heterocycles. The van der Waals surface area contributed by atoms with E-state index in [4.69, 9.17) is 4.74 Å². The molecule has 34 heavy (non-hydrogen) atoms. The smallest absolute Gasteiger partial charge is 0.332 e. The quantitative estimate of drug-likeness (QED) is 0.407. The van der Waals surface area contributed by atoms with E-state index >= 15 is 0 Å². The highest BCUT2D eigenvalue weighted by Crippen LogP contribution is 2.19. The zero-order valence-corrected chi connectivity index (χ0v) is 19.7. The second-order valence-corrected chi connectivity index (χ2v) is 8.36. The van der Waals surface area contributed by atoms with Crippen molar-refractivity contribution in [1.29, 1.82) is 0 Å². The Bertz CT molecular complexity index is 1260. The van der Waals surface area contributed by atoms with Crippen LogP contribution in [-0.4, -0.2) is 68.2 Å². The lowest BCUT2D eigenvalue weighted by molar-refractivity contribution is -0.127. The van der Waals surface area contributed by atoms with Crippen LogP contribution in [0.3, 0.4) is 0 Å². The maximum Gasteiger partial charge on any atom is 0.332 e. The molecule has 0 aromatic carbocycles. The summed E-state index contributed by atoms with van der Waals surface area (Å²) < 4.78 is 7.82. The predicted octanol–water partition coefficient (Wildman–Crippen LogP) is 1.43. The molecule has 182 valence electrons. The third-order valence-electron chi connectivity index (χ3n) is 5.94. The Morgan fingerprint density at radius 1 is 1.15 bits per heavy atom. The van der Waals surface area contributed by atoms with Crippen LogP contribution in [-0.2, 0) is 22.6 Å². The van der Waals surface area contributed by atoms with E-state index in [9.17, 15) is 14.4 Å². The van der Waals surface area contributed by atoms with Crippen molar-refractivity contribution in [3.05, 3.63) is 39.2 Å². The van der Waals surface area contributed by atoms with Gasteiger partial charge in [-0.2, -0.15) is 0 Å². The summed E-state index contributed by atoms with van der Waals surface area (Å²) in [5, 5.41) is 3.15. The van der Waals surface area contributed by atoms with Crippen molar-refractivity contribution in [1.82, 2.24) is 29.0 Å². The normalized spacial score (nSPS) is 13.8. The summed E-state index contributed by atoms with van der Waals surface area (Å²) in [4.78, 5) is 52.1. The van der Waals surface area contributed by atoms with Crippen LogP contribution in [0.1, 0.15) is 32.6 Å². The molecule has 0 unspecified atom stereocenters. The third kappa shape index (κ3) is 4.89. The minimum absolute atomic E-state index is 0.137. The van der Waals surface area contributed by atoms with Gasteiger partial charge in [-0.1, -0.05) is 6.92 Å². The molecule has 1 saturated heterocycles. The van der Waals surface area contributed by atoms with E-state index in [1.165, 1.54) is 4.57 Å². The number of methoxy groups -OCH3 is 1. The molecule has 3 aromatic heterocycles. The lowest BCUT2D eigenvalue weighted by Gasteiger charge is -2.16. The van der Waals surface area contributed by atoms with Gasteiger partial charge >= 0.3 is 5.69 Å². The topological polar surface area (TPSA) is 127 Å². The molecule has 4 heterocycles. The lowest BCUT2D eigenvalue weighted by Crippen LogP contribution is -2.41. The molecule has 4 rings (SSSR count). The van der Waals surface area contributed by atoms with Gasteiger partial charge in [0.25, 0.3) is 5.56 Å². The van der Waals surface area contributed by atoms with Gasteiger partial charge in [0.2, 0.25) is 5.91 Å². The average molecular weight is 470 g/mol. The fourth-order valence-electron chi connectivity index (χ4n) is 4.21. The highest BCUT2D eigenvalue weighted by atomic mass is 16.5. The molecule has 1 fully saturated rings. The molecule has 0 atom stereocenters. The Hall–Kier alpha value is -3.47. The lowest BCUT2D eigenvalue weighted by atomic mass is 10.2. The zero-order chi connectivity index (χ0) is 24.1. The number of carbonyl (C=O) groups excluding carboxylic acids is 1. The molecule has 11 heteroatoms. The number of imidazole rings is 1. The van der Waals surface area contributed by atoms with E-state index in [-0.39, 0.29) is 18.1 Å². The SMILES string of the molecule is CCCn1c(=O)n(CCCN2CCCC2=O)c(=O)c2[nH]c(-c3ccc(NCCOC)nc3)nc21. The first-order valence-corrected chi connectivity index (χ1v) is 11.7. The number of carbonyl (C=O) groups is 1. The third-order valence-corrected chi connectivity index (χ3v) is 5.94. The minimum atomic E-state index is -0.398. The Morgan fingerprint density at radius 2 is 2.00 bits per heavy atom. The monoisotopic (exact) mass is 469 g/mol. The van der Waals surface area contributed by atoms with Gasteiger partial charge < -0.3 is 19.9 Å². The van der Waals surface area contributed by atoms with Crippen LogP contribution >= 0.6 is 0 Å². The summed E-state index contributed by atoms with van der Waals surface area (Å²) >= 11 is 0. The van der Waals surface area contributed by atoms with Crippen molar-refractivity contribution in [2.45, 2.75) is 45.7 Å². The number of hydrogen-bond acceptors (Lipinski definition) is 7. The Balaban J connectivity index is 1.62. The summed E-state index contributed by atoms with van der Waals surface area (Å²) in [5.41, 5.74) is 0.579. The predicted molar refractivity (Wildman–Crippen MR) is 129 cm³/mol. The number of rotatable bonds is 11. The van der Waals surface area contributed by atoms with Gasteiger partial charge in [-0.25, -0.2) is 14.8 Å². The van der Waals surface area contributed by atoms with Gasteiger partial charge in [0.15, 0.2) is 5.65 Å². The molecular formula is C23H31N7O4. The summed E-state index contributed by atoms with van der Waals surface area (Å²) in [6.45, 7) is 5.17. The van der Waals surface area contributed by atoms with E-state index in [1.54, 1.807) is 22.8 Å². The van der Waals surface area contributed by atoms with E-state index in [2.05, 4.69) is 20.3 Å². The first-order valence-electron chi connectivity index (χ1n) is 11.7. The number of hydrogen-bond donors (Lipinski definition) is 2. The number of ether oxygens (including phenoxy) is 1. The van der Waals surface area contributed by atoms with Crippen LogP contribution in [0, 0.1) is 0 Å². The van der Waals surface area contributed by atoms with E-state index in [1.807, 2.05) is 19.1 Å². The number of aryl methyl sites for hydroxylation is 1. The van der Waals surface area contributed by atoms with E-state index < -0.39 is 5.56 Å². The largest absolute Gasteiger partial charge is 0.383 e. The number of anilines is 1. The van der Waals surface area contributed by atoms with Crippen molar-refractivity contribution < 1.29 is 9.53 Å². The molecule has 0 radical (unpaired) electrons. The average Bonchev–Trinajstić information content (AvgIpc) is 3.46. The van der Waals surface area contributed by atoms with Crippen LogP contribution in [0.15, 0.2) is 27.9 Å². The van der Waals surface area contributed by atoms with Crippen LogP contribution in [0.4, 0.5) is 5.82 Å². The van der Waals surface area contributed by atoms with E-state index in [0.717, 1.165) is 19.4 Å². The molecule has 0 bridgehead atoms. The number of pyridine rings is 1. The molecule has 1 aliphatic rings. The van der Waals surface area contributed by atoms with Gasteiger partial charge in [0.1, 0.15) is 17.2 Å². The highest BCUT2D eigenvalue weighted by Gasteiger charge is 2.21. The minimum Gasteiger partial charge on any atom is -0.383 e. The number of likely N-dealkylation sites (tertiary alicyclic amines) is 1. The summed E-state index contributed by atoms with van der Waals surface area (Å²) in [7, 11) is 1.64. The van der Waals surface area contributed by atoms with Crippen LogP contribution in [0.25, 0.3) is 22.6 Å². The second-order valence-electron chi connectivity index (χ2n) is 8.36. The Morgan fingerprint density at radius 3 is 2.68 bits per heavy atom. The van der Waals surface area contributed by atoms with Crippen LogP contribution in [0.2, 0.25) is 0 Å². The molecule has 0 aliphatic carbocycles. The van der Waals surface area contributed by atoms with Gasteiger partial charge in [-0.3, -0.25) is 18.7 Å². The molecule has 11 nitrogen and oxygen atoms in total. The first kappa shape index (κ1) is 23.7. The van der Waals surface area contributed by atoms with Crippen molar-refractivity contribution in [2.75, 3.05) is 38.7 Å². The summed E-state index contributed by atoms with van der Waals surface area (Å²) in [5.74, 6) is 1.32. The maximum atomic E-state index is 13.2. The van der Waals surface area contributed by atoms with E-state index in [0.29, 0.717) is 67.5 Å². The molecule has 3 aromatic rings. The van der Waals surface area contributed by atoms with Crippen molar-refractivity contribution in [2.24, 2.45) is 0 Å². The molecule has 2 N–H and O–H groups in total. The Kier molecular flexibility index (Phi) is 7.41. The number of aromatic amines is 1. The number of amides is 1. The van der Waals surface area contributed by atoms with Gasteiger partial charge in [-0.15, -0.1) is 0 Å². The van der Waals surface area contributed by atoms with Crippen molar-refractivity contribution in [3.63, 3.8) is 0 Å². The second kappa shape index (κ2) is 10.6. The maximum absolute atomic E-state index is 13.2. The van der Waals surface area contributed by atoms with Crippen LogP contribution in [0.5, 0.6) is 0 Å². The highest BCUT2D eigenvalue weighted by molar-refractivity contribution is 5.78. The van der Waals surface area contributed by atoms with Crippen molar-refractivity contribution in [3.8, 4) is 11.4 Å². The summed E-state index contributed by atoms with van der Waals surface area (Å²) in [6, 6.07) is 3.68. The van der Waals surface area contributed by atoms with Gasteiger partial charge in [0.05, 0.1) is 6.61 Å². The summed E-state index contributed by atoms with van der Waals surface area (Å²) in [6.07, 6.45) is 4.37. The molecule has 0 saturated carbocycles. The Labute approximate surface area is 196 Å². The fourth-order valence-corrected chi connectivity index (χ4v) is 4.21. The standard InChI is InChI=1S/C23H31N7O4/c1-3-10-29-21-19(22(32)30(23(29)33)13-5-12-28-11-4-6-18(28)31)26-20(27-21)16-7-8-17(25-15-16)24-9-14-34-2/h7-8,15H,3-6,9-14H2,1-2H3,(H,24,25)(H,26,27).